The van der Waals surface area contributed by atoms with Gasteiger partial charge in [-0.25, -0.2) is 0 Å². The number of anilines is 1. The average molecular weight is 433 g/mol. The smallest absolute Gasteiger partial charge is 0.262 e. The van der Waals surface area contributed by atoms with Crippen LogP contribution in [0.4, 0.5) is 5.69 Å². The molecular weight excluding hydrogens is 410 g/mol. The van der Waals surface area contributed by atoms with Crippen molar-refractivity contribution in [3.63, 3.8) is 0 Å². The Labute approximate surface area is 185 Å². The molecule has 7 heteroatoms. The standard InChI is InChI=1S/C25H23NO6/c1-29-19-9-10-20(25(28)17-6-3-2-4-7-17)22(15-19)32-16-24(27)26-18-8-11-21-23(14-18)31-13-5-12-30-21/h2-4,6-11,14-15H,5,12-13,16H2,1H3,(H,26,27). The number of nitrogens with one attached hydrogen (secondary N) is 1. The third-order valence-electron chi connectivity index (χ3n) is 4.86. The molecule has 1 heterocycles. The number of methoxy groups -OCH3 is 1. The molecule has 3 aromatic carbocycles. The normalized spacial score (nSPS) is 12.4. The second kappa shape index (κ2) is 9.87. The third-order valence-corrected chi connectivity index (χ3v) is 4.86. The van der Waals surface area contributed by atoms with Crippen LogP contribution in [0, 0.1) is 0 Å². The van der Waals surface area contributed by atoms with Crippen molar-refractivity contribution in [1.82, 2.24) is 0 Å². The van der Waals surface area contributed by atoms with Crippen molar-refractivity contribution in [3.05, 3.63) is 77.9 Å². The Kier molecular flexibility index (Phi) is 6.55. The van der Waals surface area contributed by atoms with Gasteiger partial charge in [-0.2, -0.15) is 0 Å². The molecule has 164 valence electrons. The quantitative estimate of drug-likeness (QED) is 0.565. The molecule has 0 atom stereocenters. The van der Waals surface area contributed by atoms with Gasteiger partial charge in [0.05, 0.1) is 25.9 Å². The van der Waals surface area contributed by atoms with Crippen LogP contribution in [0.15, 0.2) is 66.7 Å². The molecule has 0 saturated carbocycles. The Morgan fingerprint density at radius 3 is 2.50 bits per heavy atom. The van der Waals surface area contributed by atoms with Gasteiger partial charge < -0.3 is 24.3 Å². The van der Waals surface area contributed by atoms with Crippen LogP contribution in [-0.2, 0) is 4.79 Å². The third kappa shape index (κ3) is 5.00. The van der Waals surface area contributed by atoms with Crippen LogP contribution in [0.1, 0.15) is 22.3 Å². The molecule has 3 aromatic rings. The first kappa shape index (κ1) is 21.2. The molecule has 0 aliphatic carbocycles. The summed E-state index contributed by atoms with van der Waals surface area (Å²) in [4.78, 5) is 25.4. The number of carbonyl (C=O) groups excluding carboxylic acids is 2. The van der Waals surface area contributed by atoms with Gasteiger partial charge in [0.15, 0.2) is 23.9 Å². The summed E-state index contributed by atoms with van der Waals surface area (Å²) in [6.07, 6.45) is 0.800. The molecule has 1 amide bonds. The minimum atomic E-state index is -0.375. The fraction of sp³-hybridized carbons (Fsp3) is 0.200. The highest BCUT2D eigenvalue weighted by molar-refractivity contribution is 6.10. The average Bonchev–Trinajstić information content (AvgIpc) is 3.07. The summed E-state index contributed by atoms with van der Waals surface area (Å²) in [7, 11) is 1.52. The number of benzene rings is 3. The molecule has 0 bridgehead atoms. The molecule has 0 unspecified atom stereocenters. The highest BCUT2D eigenvalue weighted by Gasteiger charge is 2.17. The van der Waals surface area contributed by atoms with Gasteiger partial charge in [0.1, 0.15) is 11.5 Å². The maximum absolute atomic E-state index is 12.9. The van der Waals surface area contributed by atoms with E-state index < -0.39 is 0 Å². The number of ether oxygens (including phenoxy) is 4. The summed E-state index contributed by atoms with van der Waals surface area (Å²) in [5.74, 6) is 1.45. The van der Waals surface area contributed by atoms with Crippen LogP contribution in [0.3, 0.4) is 0 Å². The monoisotopic (exact) mass is 433 g/mol. The van der Waals surface area contributed by atoms with E-state index in [1.807, 2.05) is 6.07 Å². The number of fused-ring (bicyclic) bond motifs is 1. The van der Waals surface area contributed by atoms with E-state index in [0.717, 1.165) is 6.42 Å². The molecule has 4 rings (SSSR count). The maximum Gasteiger partial charge on any atom is 0.262 e. The molecular formula is C25H23NO6. The molecule has 0 aromatic heterocycles. The lowest BCUT2D eigenvalue weighted by Gasteiger charge is -2.13. The maximum atomic E-state index is 12.9. The molecule has 1 aliphatic rings. The summed E-state index contributed by atoms with van der Waals surface area (Å²) in [6, 6.07) is 19.0. The molecule has 1 N–H and O–H groups in total. The van der Waals surface area contributed by atoms with Crippen molar-refractivity contribution in [1.29, 1.82) is 0 Å². The van der Waals surface area contributed by atoms with E-state index in [1.165, 1.54) is 7.11 Å². The van der Waals surface area contributed by atoms with Gasteiger partial charge in [0.2, 0.25) is 0 Å². The Hall–Kier alpha value is -4.00. The molecule has 1 aliphatic heterocycles. The lowest BCUT2D eigenvalue weighted by molar-refractivity contribution is -0.118. The van der Waals surface area contributed by atoms with E-state index in [0.29, 0.717) is 47.3 Å². The van der Waals surface area contributed by atoms with Gasteiger partial charge in [-0.15, -0.1) is 0 Å². The zero-order valence-corrected chi connectivity index (χ0v) is 17.6. The first-order chi connectivity index (χ1) is 15.6. The van der Waals surface area contributed by atoms with Gasteiger partial charge in [0.25, 0.3) is 5.91 Å². The van der Waals surface area contributed by atoms with Crippen LogP contribution in [-0.4, -0.2) is 38.6 Å². The summed E-state index contributed by atoms with van der Waals surface area (Å²) >= 11 is 0. The van der Waals surface area contributed by atoms with E-state index in [2.05, 4.69) is 5.32 Å². The van der Waals surface area contributed by atoms with E-state index >= 15 is 0 Å². The number of ketones is 1. The largest absolute Gasteiger partial charge is 0.497 e. The van der Waals surface area contributed by atoms with E-state index in [4.69, 9.17) is 18.9 Å². The number of hydrogen-bond donors (Lipinski definition) is 1. The Morgan fingerprint density at radius 1 is 0.938 bits per heavy atom. The summed E-state index contributed by atoms with van der Waals surface area (Å²) in [5, 5.41) is 2.78. The Balaban J connectivity index is 1.46. The second-order valence-electron chi connectivity index (χ2n) is 7.11. The lowest BCUT2D eigenvalue weighted by atomic mass is 10.0. The number of carbonyl (C=O) groups is 2. The summed E-state index contributed by atoms with van der Waals surface area (Å²) in [6.45, 7) is 0.870. The second-order valence-corrected chi connectivity index (χ2v) is 7.11. The Morgan fingerprint density at radius 2 is 1.72 bits per heavy atom. The summed E-state index contributed by atoms with van der Waals surface area (Å²) in [5.41, 5.74) is 1.44. The van der Waals surface area contributed by atoms with E-state index in [9.17, 15) is 9.59 Å². The van der Waals surface area contributed by atoms with Gasteiger partial charge in [-0.3, -0.25) is 9.59 Å². The number of rotatable bonds is 7. The van der Waals surface area contributed by atoms with Crippen LogP contribution < -0.4 is 24.3 Å². The fourth-order valence-electron chi connectivity index (χ4n) is 3.26. The van der Waals surface area contributed by atoms with Crippen molar-refractivity contribution < 1.29 is 28.5 Å². The SMILES string of the molecule is COc1ccc(C(=O)c2ccccc2)c(OCC(=O)Nc2ccc3c(c2)OCCCO3)c1. The van der Waals surface area contributed by atoms with Crippen molar-refractivity contribution in [2.45, 2.75) is 6.42 Å². The minimum Gasteiger partial charge on any atom is -0.497 e. The van der Waals surface area contributed by atoms with Crippen molar-refractivity contribution in [2.75, 3.05) is 32.2 Å². The Bertz CT molecular complexity index is 1110. The van der Waals surface area contributed by atoms with Crippen LogP contribution in [0.2, 0.25) is 0 Å². The van der Waals surface area contributed by atoms with Gasteiger partial charge in [0, 0.05) is 29.8 Å². The van der Waals surface area contributed by atoms with E-state index in [1.54, 1.807) is 60.7 Å². The zero-order valence-electron chi connectivity index (χ0n) is 17.6. The van der Waals surface area contributed by atoms with Crippen LogP contribution in [0.25, 0.3) is 0 Å². The van der Waals surface area contributed by atoms with Crippen LogP contribution in [0.5, 0.6) is 23.0 Å². The van der Waals surface area contributed by atoms with E-state index in [-0.39, 0.29) is 24.0 Å². The van der Waals surface area contributed by atoms with Crippen LogP contribution >= 0.6 is 0 Å². The number of hydrogen-bond acceptors (Lipinski definition) is 6. The summed E-state index contributed by atoms with van der Waals surface area (Å²) < 4.78 is 22.2. The molecule has 0 radical (unpaired) electrons. The zero-order chi connectivity index (χ0) is 22.3. The van der Waals surface area contributed by atoms with Gasteiger partial charge >= 0.3 is 0 Å². The first-order valence-corrected chi connectivity index (χ1v) is 10.2. The molecule has 0 fully saturated rings. The minimum absolute atomic E-state index is 0.202. The van der Waals surface area contributed by atoms with Crippen molar-refractivity contribution in [2.24, 2.45) is 0 Å². The molecule has 32 heavy (non-hydrogen) atoms. The van der Waals surface area contributed by atoms with Gasteiger partial charge in [-0.1, -0.05) is 30.3 Å². The molecule has 7 nitrogen and oxygen atoms in total. The lowest BCUT2D eigenvalue weighted by Crippen LogP contribution is -2.21. The predicted octanol–water partition coefficient (Wildman–Crippen LogP) is 4.11. The molecule has 0 saturated heterocycles. The topological polar surface area (TPSA) is 83.1 Å². The van der Waals surface area contributed by atoms with Crippen molar-refractivity contribution >= 4 is 17.4 Å². The fourth-order valence-corrected chi connectivity index (χ4v) is 3.26. The molecule has 0 spiro atoms. The number of amides is 1. The highest BCUT2D eigenvalue weighted by Crippen LogP contribution is 2.32. The predicted molar refractivity (Wildman–Crippen MR) is 119 cm³/mol. The first-order valence-electron chi connectivity index (χ1n) is 10.2. The van der Waals surface area contributed by atoms with Gasteiger partial charge in [-0.05, 0) is 24.3 Å². The highest BCUT2D eigenvalue weighted by atomic mass is 16.5. The van der Waals surface area contributed by atoms with Crippen molar-refractivity contribution in [3.8, 4) is 23.0 Å².